The van der Waals surface area contributed by atoms with Gasteiger partial charge in [0.2, 0.25) is 5.91 Å². The largest absolute Gasteiger partial charge is 0.343 e. The zero-order valence-corrected chi connectivity index (χ0v) is 6.31. The minimum absolute atomic E-state index is 0.123. The van der Waals surface area contributed by atoms with Crippen LogP contribution in [-0.2, 0) is 9.59 Å². The molecule has 0 saturated heterocycles. The van der Waals surface area contributed by atoms with Gasteiger partial charge in [-0.2, -0.15) is 0 Å². The third kappa shape index (κ3) is 4.10. The van der Waals surface area contributed by atoms with E-state index in [1.54, 1.807) is 6.92 Å². The molecule has 0 aliphatic carbocycles. The summed E-state index contributed by atoms with van der Waals surface area (Å²) in [6.07, 6.45) is 0. The number of amides is 2. The molecular weight excluding hydrogens is 146 g/mol. The van der Waals surface area contributed by atoms with Crippen molar-refractivity contribution in [3.63, 3.8) is 0 Å². The van der Waals surface area contributed by atoms with Crippen molar-refractivity contribution < 1.29 is 9.59 Å². The summed E-state index contributed by atoms with van der Waals surface area (Å²) in [6, 6.07) is 0. The first kappa shape index (κ1) is 9.64. The molecule has 5 nitrogen and oxygen atoms in total. The standard InChI is InChI=1S/C6H11N3O2/c1-4(2)6(11)8-3-5(10)9-7/h1,3,7H2,2H3,(H,8,11)(H,9,10). The molecule has 0 bridgehead atoms. The highest BCUT2D eigenvalue weighted by molar-refractivity contribution is 5.94. The van der Waals surface area contributed by atoms with E-state index in [0.29, 0.717) is 5.57 Å². The number of hydrogen-bond donors (Lipinski definition) is 3. The molecule has 0 radical (unpaired) electrons. The van der Waals surface area contributed by atoms with Gasteiger partial charge in [0, 0.05) is 5.57 Å². The predicted octanol–water partition coefficient (Wildman–Crippen LogP) is -1.33. The molecule has 0 aromatic heterocycles. The summed E-state index contributed by atoms with van der Waals surface area (Å²) < 4.78 is 0. The fourth-order valence-corrected chi connectivity index (χ4v) is 0.362. The summed E-state index contributed by atoms with van der Waals surface area (Å²) in [5.41, 5.74) is 2.23. The van der Waals surface area contributed by atoms with Gasteiger partial charge in [0.1, 0.15) is 0 Å². The number of carbonyl (C=O) groups is 2. The average molecular weight is 157 g/mol. The molecule has 0 spiro atoms. The minimum atomic E-state index is -0.445. The number of hydrogen-bond acceptors (Lipinski definition) is 3. The Morgan fingerprint density at radius 2 is 2.09 bits per heavy atom. The maximum Gasteiger partial charge on any atom is 0.253 e. The van der Waals surface area contributed by atoms with E-state index in [1.807, 2.05) is 5.43 Å². The Bertz CT molecular complexity index is 188. The van der Waals surface area contributed by atoms with Gasteiger partial charge in [-0.05, 0) is 6.92 Å². The number of carbonyl (C=O) groups excluding carboxylic acids is 2. The van der Waals surface area contributed by atoms with Crippen LogP contribution in [-0.4, -0.2) is 18.4 Å². The highest BCUT2D eigenvalue weighted by Crippen LogP contribution is 1.83. The van der Waals surface area contributed by atoms with Crippen LogP contribution >= 0.6 is 0 Å². The lowest BCUT2D eigenvalue weighted by atomic mass is 10.3. The third-order valence-electron chi connectivity index (χ3n) is 0.958. The molecule has 5 heteroatoms. The van der Waals surface area contributed by atoms with E-state index in [-0.39, 0.29) is 12.5 Å². The topological polar surface area (TPSA) is 84.2 Å². The maximum absolute atomic E-state index is 10.7. The van der Waals surface area contributed by atoms with Crippen LogP contribution in [0, 0.1) is 0 Å². The number of rotatable bonds is 3. The summed E-state index contributed by atoms with van der Waals surface area (Å²) in [7, 11) is 0. The molecule has 62 valence electrons. The number of nitrogens with two attached hydrogens (primary N) is 1. The van der Waals surface area contributed by atoms with Gasteiger partial charge in [-0.3, -0.25) is 15.0 Å². The van der Waals surface area contributed by atoms with E-state index in [1.165, 1.54) is 0 Å². The van der Waals surface area contributed by atoms with Crippen LogP contribution in [0.5, 0.6) is 0 Å². The van der Waals surface area contributed by atoms with Crippen LogP contribution in [0.3, 0.4) is 0 Å². The van der Waals surface area contributed by atoms with E-state index in [0.717, 1.165) is 0 Å². The second kappa shape index (κ2) is 4.45. The first-order valence-electron chi connectivity index (χ1n) is 3.01. The van der Waals surface area contributed by atoms with Gasteiger partial charge < -0.3 is 5.32 Å². The first-order chi connectivity index (χ1) is 5.07. The van der Waals surface area contributed by atoms with Crippen LogP contribution < -0.4 is 16.6 Å². The summed E-state index contributed by atoms with van der Waals surface area (Å²) in [5.74, 6) is 3.96. The Hall–Kier alpha value is -1.36. The normalized spacial score (nSPS) is 8.55. The van der Waals surface area contributed by atoms with Gasteiger partial charge in [0.15, 0.2) is 0 Å². The lowest BCUT2D eigenvalue weighted by Gasteiger charge is -2.01. The van der Waals surface area contributed by atoms with Crippen molar-refractivity contribution in [3.05, 3.63) is 12.2 Å². The van der Waals surface area contributed by atoms with Crippen LogP contribution in [0.2, 0.25) is 0 Å². The van der Waals surface area contributed by atoms with Crippen molar-refractivity contribution in [2.45, 2.75) is 6.92 Å². The second-order valence-corrected chi connectivity index (χ2v) is 2.03. The Labute approximate surface area is 64.6 Å². The molecule has 0 rings (SSSR count). The maximum atomic E-state index is 10.7. The molecule has 2 amide bonds. The monoisotopic (exact) mass is 157 g/mol. The van der Waals surface area contributed by atoms with E-state index < -0.39 is 5.91 Å². The lowest BCUT2D eigenvalue weighted by molar-refractivity contribution is -0.124. The first-order valence-corrected chi connectivity index (χ1v) is 3.01. The Morgan fingerprint density at radius 1 is 1.55 bits per heavy atom. The second-order valence-electron chi connectivity index (χ2n) is 2.03. The van der Waals surface area contributed by atoms with Crippen molar-refractivity contribution in [2.75, 3.05) is 6.54 Å². The smallest absolute Gasteiger partial charge is 0.253 e. The minimum Gasteiger partial charge on any atom is -0.343 e. The van der Waals surface area contributed by atoms with Crippen LogP contribution in [0.1, 0.15) is 6.92 Å². The molecule has 11 heavy (non-hydrogen) atoms. The van der Waals surface area contributed by atoms with E-state index in [2.05, 4.69) is 11.9 Å². The predicted molar refractivity (Wildman–Crippen MR) is 40.2 cm³/mol. The van der Waals surface area contributed by atoms with Crippen molar-refractivity contribution in [2.24, 2.45) is 5.84 Å². The van der Waals surface area contributed by atoms with Crippen LogP contribution in [0.4, 0.5) is 0 Å². The highest BCUT2D eigenvalue weighted by Gasteiger charge is 2.02. The SMILES string of the molecule is C=C(C)C(=O)NCC(=O)NN. The lowest BCUT2D eigenvalue weighted by Crippen LogP contribution is -2.40. The average Bonchev–Trinajstić information content (AvgIpc) is 1.99. The third-order valence-corrected chi connectivity index (χ3v) is 0.958. The fourth-order valence-electron chi connectivity index (χ4n) is 0.362. The van der Waals surface area contributed by atoms with E-state index >= 15 is 0 Å². The molecule has 0 unspecified atom stereocenters. The number of hydrazine groups is 1. The van der Waals surface area contributed by atoms with Gasteiger partial charge in [-0.1, -0.05) is 6.58 Å². The molecular formula is C6H11N3O2. The van der Waals surface area contributed by atoms with E-state index in [4.69, 9.17) is 5.84 Å². The molecule has 0 saturated carbocycles. The molecule has 0 aliphatic rings. The summed E-state index contributed by atoms with van der Waals surface area (Å²) in [4.78, 5) is 21.2. The van der Waals surface area contributed by atoms with Gasteiger partial charge in [-0.25, -0.2) is 5.84 Å². The quantitative estimate of drug-likeness (QED) is 0.205. The Kier molecular flexibility index (Phi) is 3.90. The molecule has 0 fully saturated rings. The zero-order chi connectivity index (χ0) is 8.85. The highest BCUT2D eigenvalue weighted by atomic mass is 16.2. The summed E-state index contributed by atoms with van der Waals surface area (Å²) >= 11 is 0. The van der Waals surface area contributed by atoms with Crippen molar-refractivity contribution >= 4 is 11.8 Å². The Morgan fingerprint density at radius 3 is 2.45 bits per heavy atom. The van der Waals surface area contributed by atoms with Gasteiger partial charge in [0.05, 0.1) is 6.54 Å². The molecule has 0 heterocycles. The molecule has 0 aliphatic heterocycles. The molecule has 0 aromatic rings. The van der Waals surface area contributed by atoms with Gasteiger partial charge >= 0.3 is 0 Å². The zero-order valence-electron chi connectivity index (χ0n) is 6.31. The molecule has 4 N–H and O–H groups in total. The van der Waals surface area contributed by atoms with Crippen molar-refractivity contribution in [3.8, 4) is 0 Å². The fraction of sp³-hybridized carbons (Fsp3) is 0.333. The summed E-state index contributed by atoms with van der Waals surface area (Å²) in [6.45, 7) is 4.81. The van der Waals surface area contributed by atoms with Crippen LogP contribution in [0.15, 0.2) is 12.2 Å². The van der Waals surface area contributed by atoms with E-state index in [9.17, 15) is 9.59 Å². The van der Waals surface area contributed by atoms with Gasteiger partial charge in [0.25, 0.3) is 5.91 Å². The Balaban J connectivity index is 3.63. The number of nitrogens with one attached hydrogen (secondary N) is 2. The molecule has 0 aromatic carbocycles. The summed E-state index contributed by atoms with van der Waals surface area (Å²) in [5, 5.41) is 2.30. The van der Waals surface area contributed by atoms with Crippen molar-refractivity contribution in [1.82, 2.24) is 10.7 Å². The van der Waals surface area contributed by atoms with Crippen LogP contribution in [0.25, 0.3) is 0 Å². The molecule has 0 atom stereocenters. The van der Waals surface area contributed by atoms with Crippen molar-refractivity contribution in [1.29, 1.82) is 0 Å². The van der Waals surface area contributed by atoms with Gasteiger partial charge in [-0.15, -0.1) is 0 Å².